The number of carbonyl (C=O) groups is 2. The summed E-state index contributed by atoms with van der Waals surface area (Å²) in [4.78, 5) is 32.9. The van der Waals surface area contributed by atoms with Crippen molar-refractivity contribution in [1.82, 2.24) is 14.8 Å². The lowest BCUT2D eigenvalue weighted by atomic mass is 10.0. The molecule has 2 fully saturated rings. The Labute approximate surface area is 157 Å². The molecule has 3 rings (SSSR count). The number of carbonyl (C=O) groups excluding carboxylic acids is 2. The first-order chi connectivity index (χ1) is 12.1. The Hall–Kier alpha value is -1.34. The molecule has 0 atom stereocenters. The van der Waals surface area contributed by atoms with Crippen LogP contribution in [-0.4, -0.2) is 51.9 Å². The minimum Gasteiger partial charge on any atom is -0.343 e. The average Bonchev–Trinajstić information content (AvgIpc) is 3.27. The summed E-state index contributed by atoms with van der Waals surface area (Å²) in [5.41, 5.74) is 0. The third-order valence-electron chi connectivity index (χ3n) is 5.16. The second-order valence-electron chi connectivity index (χ2n) is 6.71. The van der Waals surface area contributed by atoms with Gasteiger partial charge in [0, 0.05) is 31.6 Å². The van der Waals surface area contributed by atoms with E-state index in [2.05, 4.69) is 10.3 Å². The van der Waals surface area contributed by atoms with Crippen molar-refractivity contribution in [3.05, 3.63) is 10.5 Å². The van der Waals surface area contributed by atoms with Crippen LogP contribution in [0, 0.1) is 0 Å². The molecule has 8 heteroatoms. The molecule has 1 aliphatic carbocycles. The van der Waals surface area contributed by atoms with Gasteiger partial charge in [-0.3, -0.25) is 10.1 Å². The van der Waals surface area contributed by atoms with E-state index in [1.807, 2.05) is 16.7 Å². The molecule has 0 unspecified atom stereocenters. The second-order valence-corrected chi connectivity index (χ2v) is 8.37. The Balaban J connectivity index is 1.67. The van der Waals surface area contributed by atoms with E-state index in [1.54, 1.807) is 6.20 Å². The molecule has 1 N–H and O–H groups in total. The Kier molecular flexibility index (Phi) is 6.17. The van der Waals surface area contributed by atoms with Gasteiger partial charge >= 0.3 is 6.03 Å². The van der Waals surface area contributed by atoms with Crippen LogP contribution >= 0.6 is 22.9 Å². The number of thiazole rings is 1. The van der Waals surface area contributed by atoms with Gasteiger partial charge in [0.1, 0.15) is 4.34 Å². The maximum Gasteiger partial charge on any atom is 0.324 e. The zero-order valence-corrected chi connectivity index (χ0v) is 16.1. The van der Waals surface area contributed by atoms with E-state index < -0.39 is 0 Å². The van der Waals surface area contributed by atoms with Gasteiger partial charge in [0.2, 0.25) is 5.91 Å². The molecule has 2 aliphatic rings. The van der Waals surface area contributed by atoms with Crippen LogP contribution in [0.3, 0.4) is 0 Å². The summed E-state index contributed by atoms with van der Waals surface area (Å²) in [6, 6.07) is 0.381. The maximum absolute atomic E-state index is 12.9. The summed E-state index contributed by atoms with van der Waals surface area (Å²) in [6.07, 6.45) is 8.23. The SMILES string of the molecule is CCC(=O)N1CCC(N(C(=O)Nc2ncc(Cl)s2)C2CCCC2)CC1. The minimum absolute atomic E-state index is 0.0850. The molecule has 1 aromatic heterocycles. The lowest BCUT2D eigenvalue weighted by Crippen LogP contribution is -2.53. The van der Waals surface area contributed by atoms with Crippen LogP contribution in [0.2, 0.25) is 4.34 Å². The number of halogens is 1. The number of amides is 3. The Bertz CT molecular complexity index is 610. The molecular weight excluding hydrogens is 360 g/mol. The minimum atomic E-state index is -0.0850. The van der Waals surface area contributed by atoms with Crippen LogP contribution in [0.4, 0.5) is 9.93 Å². The largest absolute Gasteiger partial charge is 0.343 e. The second kappa shape index (κ2) is 8.36. The fourth-order valence-corrected chi connectivity index (χ4v) is 4.70. The number of urea groups is 1. The number of nitrogens with one attached hydrogen (secondary N) is 1. The molecule has 0 aromatic carbocycles. The third-order valence-corrected chi connectivity index (χ3v) is 6.19. The zero-order valence-electron chi connectivity index (χ0n) is 14.5. The zero-order chi connectivity index (χ0) is 17.8. The highest BCUT2D eigenvalue weighted by Crippen LogP contribution is 2.30. The van der Waals surface area contributed by atoms with E-state index in [1.165, 1.54) is 24.2 Å². The maximum atomic E-state index is 12.9. The van der Waals surface area contributed by atoms with Gasteiger partial charge in [0.05, 0.1) is 6.20 Å². The highest BCUT2D eigenvalue weighted by molar-refractivity contribution is 7.19. The summed E-state index contributed by atoms with van der Waals surface area (Å²) in [5, 5.41) is 3.45. The van der Waals surface area contributed by atoms with Crippen molar-refractivity contribution < 1.29 is 9.59 Å². The van der Waals surface area contributed by atoms with Crippen LogP contribution < -0.4 is 5.32 Å². The van der Waals surface area contributed by atoms with Crippen LogP contribution in [0.1, 0.15) is 51.9 Å². The quantitative estimate of drug-likeness (QED) is 0.853. The molecule has 1 saturated carbocycles. The lowest BCUT2D eigenvalue weighted by Gasteiger charge is -2.41. The molecule has 1 aliphatic heterocycles. The standard InChI is InChI=1S/C17H25ClN4O2S/c1-2-15(23)21-9-7-13(8-10-21)22(12-5-3-4-6-12)17(24)20-16-19-11-14(18)25-16/h11-13H,2-10H2,1H3,(H,19,20,24). The fraction of sp³-hybridized carbons (Fsp3) is 0.706. The van der Waals surface area contributed by atoms with E-state index in [9.17, 15) is 9.59 Å². The van der Waals surface area contributed by atoms with Gasteiger partial charge in [-0.05, 0) is 25.7 Å². The molecule has 1 saturated heterocycles. The topological polar surface area (TPSA) is 65.5 Å². The van der Waals surface area contributed by atoms with Gasteiger partial charge in [0.25, 0.3) is 0 Å². The first-order valence-corrected chi connectivity index (χ1v) is 10.3. The highest BCUT2D eigenvalue weighted by Gasteiger charge is 2.35. The molecule has 6 nitrogen and oxygen atoms in total. The Morgan fingerprint density at radius 1 is 1.28 bits per heavy atom. The third kappa shape index (κ3) is 4.44. The molecule has 1 aromatic rings. The van der Waals surface area contributed by atoms with Crippen LogP contribution in [0.25, 0.3) is 0 Å². The van der Waals surface area contributed by atoms with Crippen molar-refractivity contribution >= 4 is 40.0 Å². The van der Waals surface area contributed by atoms with E-state index in [0.717, 1.165) is 38.8 Å². The summed E-state index contributed by atoms with van der Waals surface area (Å²) in [7, 11) is 0. The number of piperidine rings is 1. The van der Waals surface area contributed by atoms with Crippen molar-refractivity contribution in [3.63, 3.8) is 0 Å². The fourth-order valence-electron chi connectivity index (χ4n) is 3.90. The Morgan fingerprint density at radius 3 is 2.48 bits per heavy atom. The molecule has 25 heavy (non-hydrogen) atoms. The molecule has 0 spiro atoms. The summed E-state index contributed by atoms with van der Waals surface area (Å²) in [6.45, 7) is 3.36. The van der Waals surface area contributed by atoms with Gasteiger partial charge < -0.3 is 9.80 Å². The van der Waals surface area contributed by atoms with Crippen molar-refractivity contribution in [2.24, 2.45) is 0 Å². The summed E-state index contributed by atoms with van der Waals surface area (Å²) >= 11 is 7.19. The molecular formula is C17H25ClN4O2S. The molecule has 0 radical (unpaired) electrons. The Morgan fingerprint density at radius 2 is 1.92 bits per heavy atom. The van der Waals surface area contributed by atoms with E-state index in [-0.39, 0.29) is 24.0 Å². The van der Waals surface area contributed by atoms with Crippen LogP contribution in [0.15, 0.2) is 6.20 Å². The van der Waals surface area contributed by atoms with Crippen LogP contribution in [0.5, 0.6) is 0 Å². The molecule has 3 amide bonds. The number of aromatic nitrogens is 1. The first-order valence-electron chi connectivity index (χ1n) is 9.07. The molecule has 138 valence electrons. The van der Waals surface area contributed by atoms with Crippen molar-refractivity contribution in [3.8, 4) is 0 Å². The molecule has 0 bridgehead atoms. The van der Waals surface area contributed by atoms with E-state index in [0.29, 0.717) is 15.9 Å². The smallest absolute Gasteiger partial charge is 0.324 e. The van der Waals surface area contributed by atoms with Crippen LogP contribution in [-0.2, 0) is 4.79 Å². The van der Waals surface area contributed by atoms with Gasteiger partial charge in [-0.1, -0.05) is 42.7 Å². The van der Waals surface area contributed by atoms with Gasteiger partial charge in [-0.2, -0.15) is 0 Å². The number of nitrogens with zero attached hydrogens (tertiary/aromatic N) is 3. The first kappa shape index (κ1) is 18.5. The summed E-state index contributed by atoms with van der Waals surface area (Å²) < 4.78 is 0.564. The van der Waals surface area contributed by atoms with Gasteiger partial charge in [0.15, 0.2) is 5.13 Å². The number of likely N-dealkylation sites (tertiary alicyclic amines) is 1. The number of anilines is 1. The average molecular weight is 385 g/mol. The number of rotatable bonds is 4. The van der Waals surface area contributed by atoms with Gasteiger partial charge in [-0.25, -0.2) is 9.78 Å². The van der Waals surface area contributed by atoms with Crippen molar-refractivity contribution in [2.45, 2.75) is 64.0 Å². The van der Waals surface area contributed by atoms with Gasteiger partial charge in [-0.15, -0.1) is 0 Å². The predicted molar refractivity (Wildman–Crippen MR) is 100 cm³/mol. The van der Waals surface area contributed by atoms with E-state index in [4.69, 9.17) is 11.6 Å². The van der Waals surface area contributed by atoms with E-state index >= 15 is 0 Å². The predicted octanol–water partition coefficient (Wildman–Crippen LogP) is 3.97. The normalized spacial score (nSPS) is 19.2. The number of hydrogen-bond acceptors (Lipinski definition) is 4. The lowest BCUT2D eigenvalue weighted by molar-refractivity contribution is -0.132. The molecule has 2 heterocycles. The number of hydrogen-bond donors (Lipinski definition) is 1. The summed E-state index contributed by atoms with van der Waals surface area (Å²) in [5.74, 6) is 0.202. The van der Waals surface area contributed by atoms with Crippen molar-refractivity contribution in [1.29, 1.82) is 0 Å². The monoisotopic (exact) mass is 384 g/mol. The van der Waals surface area contributed by atoms with Crippen molar-refractivity contribution in [2.75, 3.05) is 18.4 Å². The highest BCUT2D eigenvalue weighted by atomic mass is 35.5.